The number of hydrogen-bond acceptors (Lipinski definition) is 2. The number of carboxylic acids is 1. The molecule has 2 N–H and O–H groups in total. The van der Waals surface area contributed by atoms with E-state index < -0.39 is 5.97 Å². The second kappa shape index (κ2) is 5.17. The first kappa shape index (κ1) is 12.4. The van der Waals surface area contributed by atoms with Gasteiger partial charge < -0.3 is 10.1 Å². The number of hydrogen-bond donors (Lipinski definition) is 2. The standard InChI is InChI=1S/C16H14N2O2/c19-15(20)9-12-3-1-11(2-4-12)7-13-8-14-5-6-17-16(14)18-10-13/h1-6,8,10H,7,9H2,(H,17,18)(H,19,20). The van der Waals surface area contributed by atoms with E-state index in [-0.39, 0.29) is 6.42 Å². The molecule has 0 fully saturated rings. The second-order valence-electron chi connectivity index (χ2n) is 4.82. The lowest BCUT2D eigenvalue weighted by atomic mass is 10.0. The first-order valence-corrected chi connectivity index (χ1v) is 6.42. The number of pyridine rings is 1. The van der Waals surface area contributed by atoms with E-state index >= 15 is 0 Å². The Labute approximate surface area is 116 Å². The predicted molar refractivity (Wildman–Crippen MR) is 76.7 cm³/mol. The molecule has 1 aromatic carbocycles. The molecular weight excluding hydrogens is 252 g/mol. The van der Waals surface area contributed by atoms with E-state index in [4.69, 9.17) is 5.11 Å². The Kier molecular flexibility index (Phi) is 3.21. The monoisotopic (exact) mass is 266 g/mol. The summed E-state index contributed by atoms with van der Waals surface area (Å²) in [7, 11) is 0. The molecule has 2 heterocycles. The van der Waals surface area contributed by atoms with E-state index in [9.17, 15) is 4.79 Å². The summed E-state index contributed by atoms with van der Waals surface area (Å²) in [6.07, 6.45) is 4.60. The van der Waals surface area contributed by atoms with Gasteiger partial charge in [0, 0.05) is 17.8 Å². The van der Waals surface area contributed by atoms with Crippen LogP contribution < -0.4 is 0 Å². The van der Waals surface area contributed by atoms with Crippen LogP contribution in [0.25, 0.3) is 11.0 Å². The molecule has 0 saturated heterocycles. The van der Waals surface area contributed by atoms with Gasteiger partial charge in [-0.15, -0.1) is 0 Å². The largest absolute Gasteiger partial charge is 0.481 e. The van der Waals surface area contributed by atoms with Gasteiger partial charge in [0.1, 0.15) is 5.65 Å². The number of rotatable bonds is 4. The van der Waals surface area contributed by atoms with Gasteiger partial charge in [-0.05, 0) is 35.2 Å². The Morgan fingerprint density at radius 1 is 1.10 bits per heavy atom. The molecule has 3 aromatic rings. The minimum atomic E-state index is -0.806. The van der Waals surface area contributed by atoms with E-state index in [1.165, 1.54) is 0 Å². The molecule has 0 spiro atoms. The van der Waals surface area contributed by atoms with Crippen LogP contribution in [0.1, 0.15) is 16.7 Å². The molecule has 0 radical (unpaired) electrons. The summed E-state index contributed by atoms with van der Waals surface area (Å²) < 4.78 is 0. The molecule has 20 heavy (non-hydrogen) atoms. The number of H-pyrrole nitrogens is 1. The summed E-state index contributed by atoms with van der Waals surface area (Å²) in [5.41, 5.74) is 4.00. The smallest absolute Gasteiger partial charge is 0.307 e. The van der Waals surface area contributed by atoms with Gasteiger partial charge in [0.05, 0.1) is 6.42 Å². The molecule has 0 aliphatic rings. The highest BCUT2D eigenvalue weighted by molar-refractivity contribution is 5.75. The summed E-state index contributed by atoms with van der Waals surface area (Å²) in [5, 5.41) is 9.84. The van der Waals surface area contributed by atoms with Crippen LogP contribution in [0.5, 0.6) is 0 Å². The zero-order chi connectivity index (χ0) is 13.9. The Hall–Kier alpha value is -2.62. The maximum absolute atomic E-state index is 10.6. The van der Waals surface area contributed by atoms with Gasteiger partial charge in [-0.2, -0.15) is 0 Å². The maximum atomic E-state index is 10.6. The lowest BCUT2D eigenvalue weighted by Crippen LogP contribution is -2.00. The quantitative estimate of drug-likeness (QED) is 0.763. The van der Waals surface area contributed by atoms with Crippen molar-refractivity contribution in [1.29, 1.82) is 0 Å². The Morgan fingerprint density at radius 2 is 1.85 bits per heavy atom. The van der Waals surface area contributed by atoms with Crippen molar-refractivity contribution < 1.29 is 9.90 Å². The number of aromatic amines is 1. The minimum Gasteiger partial charge on any atom is -0.481 e. The van der Waals surface area contributed by atoms with Crippen molar-refractivity contribution >= 4 is 17.0 Å². The van der Waals surface area contributed by atoms with Crippen molar-refractivity contribution in [2.24, 2.45) is 0 Å². The number of carbonyl (C=O) groups is 1. The van der Waals surface area contributed by atoms with Crippen LogP contribution in [-0.2, 0) is 17.6 Å². The van der Waals surface area contributed by atoms with Crippen molar-refractivity contribution in [3.05, 3.63) is 65.5 Å². The fraction of sp³-hybridized carbons (Fsp3) is 0.125. The van der Waals surface area contributed by atoms with Crippen molar-refractivity contribution in [3.63, 3.8) is 0 Å². The number of benzene rings is 1. The highest BCUT2D eigenvalue weighted by Crippen LogP contribution is 2.15. The maximum Gasteiger partial charge on any atom is 0.307 e. The fourth-order valence-corrected chi connectivity index (χ4v) is 2.27. The van der Waals surface area contributed by atoms with Gasteiger partial charge in [-0.3, -0.25) is 4.79 Å². The number of nitrogens with one attached hydrogen (secondary N) is 1. The Bertz CT molecular complexity index is 745. The third-order valence-electron chi connectivity index (χ3n) is 3.24. The molecule has 0 saturated carbocycles. The normalized spacial score (nSPS) is 10.8. The summed E-state index contributed by atoms with van der Waals surface area (Å²) >= 11 is 0. The van der Waals surface area contributed by atoms with E-state index in [0.29, 0.717) is 0 Å². The van der Waals surface area contributed by atoms with Crippen LogP contribution in [-0.4, -0.2) is 21.0 Å². The van der Waals surface area contributed by atoms with E-state index in [0.717, 1.165) is 34.1 Å². The van der Waals surface area contributed by atoms with Gasteiger partial charge in [0.2, 0.25) is 0 Å². The van der Waals surface area contributed by atoms with Crippen LogP contribution in [0, 0.1) is 0 Å². The molecule has 4 heteroatoms. The van der Waals surface area contributed by atoms with Crippen molar-refractivity contribution in [1.82, 2.24) is 9.97 Å². The molecule has 100 valence electrons. The van der Waals surface area contributed by atoms with Crippen LogP contribution >= 0.6 is 0 Å². The van der Waals surface area contributed by atoms with Crippen LogP contribution in [0.3, 0.4) is 0 Å². The molecule has 4 nitrogen and oxygen atoms in total. The lowest BCUT2D eigenvalue weighted by molar-refractivity contribution is -0.136. The third kappa shape index (κ3) is 2.69. The Balaban J connectivity index is 1.78. The predicted octanol–water partition coefficient (Wildman–Crippen LogP) is 2.78. The first-order valence-electron chi connectivity index (χ1n) is 6.42. The summed E-state index contributed by atoms with van der Waals surface area (Å²) in [6.45, 7) is 0. The topological polar surface area (TPSA) is 66.0 Å². The van der Waals surface area contributed by atoms with E-state index in [1.807, 2.05) is 42.7 Å². The van der Waals surface area contributed by atoms with Crippen molar-refractivity contribution in [2.45, 2.75) is 12.8 Å². The van der Waals surface area contributed by atoms with Crippen molar-refractivity contribution in [2.75, 3.05) is 0 Å². The van der Waals surface area contributed by atoms with Gasteiger partial charge in [-0.1, -0.05) is 24.3 Å². The number of aromatic nitrogens is 2. The average molecular weight is 266 g/mol. The number of fused-ring (bicyclic) bond motifs is 1. The molecule has 0 aliphatic heterocycles. The fourth-order valence-electron chi connectivity index (χ4n) is 2.27. The van der Waals surface area contributed by atoms with Gasteiger partial charge in [0.25, 0.3) is 0 Å². The van der Waals surface area contributed by atoms with Crippen LogP contribution in [0.4, 0.5) is 0 Å². The summed E-state index contributed by atoms with van der Waals surface area (Å²) in [4.78, 5) is 18.1. The zero-order valence-electron chi connectivity index (χ0n) is 10.8. The number of aliphatic carboxylic acids is 1. The first-order chi connectivity index (χ1) is 9.70. The average Bonchev–Trinajstić information content (AvgIpc) is 2.88. The summed E-state index contributed by atoms with van der Waals surface area (Å²) in [5.74, 6) is -0.806. The van der Waals surface area contributed by atoms with Gasteiger partial charge in [0.15, 0.2) is 0 Å². The molecule has 0 bridgehead atoms. The molecule has 2 aromatic heterocycles. The van der Waals surface area contributed by atoms with Gasteiger partial charge >= 0.3 is 5.97 Å². The Morgan fingerprint density at radius 3 is 2.60 bits per heavy atom. The van der Waals surface area contributed by atoms with E-state index in [2.05, 4.69) is 16.0 Å². The number of carboxylic acid groups (broad SMARTS) is 1. The molecule has 0 amide bonds. The molecular formula is C16H14N2O2. The molecule has 0 atom stereocenters. The van der Waals surface area contributed by atoms with Crippen LogP contribution in [0.15, 0.2) is 48.8 Å². The molecule has 0 unspecified atom stereocenters. The van der Waals surface area contributed by atoms with Gasteiger partial charge in [-0.25, -0.2) is 4.98 Å². The minimum absolute atomic E-state index is 0.0666. The highest BCUT2D eigenvalue weighted by atomic mass is 16.4. The zero-order valence-corrected chi connectivity index (χ0v) is 10.8. The highest BCUT2D eigenvalue weighted by Gasteiger charge is 2.03. The molecule has 3 rings (SSSR count). The lowest BCUT2D eigenvalue weighted by Gasteiger charge is -2.03. The SMILES string of the molecule is O=C(O)Cc1ccc(Cc2cnc3[nH]ccc3c2)cc1. The second-order valence-corrected chi connectivity index (χ2v) is 4.82. The van der Waals surface area contributed by atoms with Crippen LogP contribution in [0.2, 0.25) is 0 Å². The van der Waals surface area contributed by atoms with Crippen molar-refractivity contribution in [3.8, 4) is 0 Å². The number of nitrogens with zero attached hydrogens (tertiary/aromatic N) is 1. The molecule has 0 aliphatic carbocycles. The third-order valence-corrected chi connectivity index (χ3v) is 3.24. The van der Waals surface area contributed by atoms with E-state index in [1.54, 1.807) is 0 Å². The summed E-state index contributed by atoms with van der Waals surface area (Å²) in [6, 6.07) is 11.8.